The van der Waals surface area contributed by atoms with Crippen molar-refractivity contribution in [2.24, 2.45) is 5.92 Å². The summed E-state index contributed by atoms with van der Waals surface area (Å²) in [6, 6.07) is 9.90. The molecule has 0 saturated carbocycles. The normalized spacial score (nSPS) is 14.9. The van der Waals surface area contributed by atoms with Crippen LogP contribution in [0.15, 0.2) is 24.3 Å². The van der Waals surface area contributed by atoms with E-state index in [9.17, 15) is 5.26 Å². The van der Waals surface area contributed by atoms with E-state index in [2.05, 4.69) is 6.07 Å². The van der Waals surface area contributed by atoms with Gasteiger partial charge in [-0.25, -0.2) is 0 Å². The molecule has 1 aromatic rings. The highest BCUT2D eigenvalue weighted by Gasteiger charge is 2.31. The number of benzene rings is 1. The third-order valence-electron chi connectivity index (χ3n) is 2.82. The molecule has 1 atom stereocenters. The van der Waals surface area contributed by atoms with Crippen LogP contribution in [0.5, 0.6) is 0 Å². The number of nitriles is 1. The average Bonchev–Trinajstić information content (AvgIpc) is 2.17. The Morgan fingerprint density at radius 3 is 2.36 bits per heavy atom. The molecule has 74 valence electrons. The summed E-state index contributed by atoms with van der Waals surface area (Å²) < 4.78 is 0. The quantitative estimate of drug-likeness (QED) is 0.724. The van der Waals surface area contributed by atoms with Crippen molar-refractivity contribution in [3.8, 4) is 6.07 Å². The highest BCUT2D eigenvalue weighted by molar-refractivity contribution is 6.31. The van der Waals surface area contributed by atoms with Crippen LogP contribution in [0.1, 0.15) is 26.3 Å². The lowest BCUT2D eigenvalue weighted by Gasteiger charge is -2.27. The second-order valence-electron chi connectivity index (χ2n) is 3.95. The van der Waals surface area contributed by atoms with Crippen LogP contribution in [0.4, 0.5) is 0 Å². The van der Waals surface area contributed by atoms with E-state index >= 15 is 0 Å². The first-order valence-corrected chi connectivity index (χ1v) is 5.06. The van der Waals surface area contributed by atoms with E-state index in [-0.39, 0.29) is 5.92 Å². The fourth-order valence-electron chi connectivity index (χ4n) is 1.38. The predicted octanol–water partition coefficient (Wildman–Crippen LogP) is 3.78. The van der Waals surface area contributed by atoms with Crippen LogP contribution in [0.2, 0.25) is 5.02 Å². The maximum Gasteiger partial charge on any atom is 0.0831 e. The average molecular weight is 208 g/mol. The summed E-state index contributed by atoms with van der Waals surface area (Å²) in [4.78, 5) is 0. The minimum atomic E-state index is -0.502. The molecular weight excluding hydrogens is 194 g/mol. The van der Waals surface area contributed by atoms with Crippen molar-refractivity contribution >= 4 is 11.6 Å². The van der Waals surface area contributed by atoms with Crippen molar-refractivity contribution in [3.63, 3.8) is 0 Å². The number of hydrogen-bond donors (Lipinski definition) is 0. The molecule has 0 radical (unpaired) electrons. The number of nitrogens with zero attached hydrogens (tertiary/aromatic N) is 1. The third kappa shape index (κ3) is 1.76. The van der Waals surface area contributed by atoms with Crippen LogP contribution in [-0.4, -0.2) is 0 Å². The van der Waals surface area contributed by atoms with Gasteiger partial charge in [0, 0.05) is 5.02 Å². The van der Waals surface area contributed by atoms with Crippen molar-refractivity contribution in [1.82, 2.24) is 0 Å². The molecule has 0 amide bonds. The minimum Gasteiger partial charge on any atom is -0.197 e. The lowest BCUT2D eigenvalue weighted by molar-refractivity contribution is 0.431. The Bertz CT molecular complexity index is 365. The monoisotopic (exact) mass is 207 g/mol. The van der Waals surface area contributed by atoms with Gasteiger partial charge in [0.05, 0.1) is 11.5 Å². The molecule has 1 aromatic carbocycles. The zero-order valence-electron chi connectivity index (χ0n) is 8.71. The lowest BCUT2D eigenvalue weighted by atomic mass is 9.75. The van der Waals surface area contributed by atoms with E-state index in [0.717, 1.165) is 5.56 Å². The second-order valence-corrected chi connectivity index (χ2v) is 4.36. The van der Waals surface area contributed by atoms with Gasteiger partial charge in [0.15, 0.2) is 0 Å². The minimum absolute atomic E-state index is 0.243. The van der Waals surface area contributed by atoms with Crippen molar-refractivity contribution < 1.29 is 0 Å². The molecule has 0 N–H and O–H groups in total. The standard InChI is InChI=1S/C12H14ClN/c1-9(2)12(3,8-14)10-6-4-5-7-11(10)13/h4-7,9H,1-3H3. The highest BCUT2D eigenvalue weighted by atomic mass is 35.5. The van der Waals surface area contributed by atoms with Crippen molar-refractivity contribution in [1.29, 1.82) is 5.26 Å². The zero-order valence-corrected chi connectivity index (χ0v) is 9.47. The van der Waals surface area contributed by atoms with E-state index in [1.165, 1.54) is 0 Å². The molecule has 0 aromatic heterocycles. The van der Waals surface area contributed by atoms with Gasteiger partial charge in [-0.1, -0.05) is 43.6 Å². The Morgan fingerprint density at radius 2 is 1.93 bits per heavy atom. The maximum absolute atomic E-state index is 9.22. The molecule has 1 rings (SSSR count). The zero-order chi connectivity index (χ0) is 10.8. The number of halogens is 1. The van der Waals surface area contributed by atoms with E-state index in [1.807, 2.05) is 45.0 Å². The lowest BCUT2D eigenvalue weighted by Crippen LogP contribution is -2.26. The van der Waals surface area contributed by atoms with Crippen molar-refractivity contribution in [2.45, 2.75) is 26.2 Å². The van der Waals surface area contributed by atoms with Gasteiger partial charge in [0.1, 0.15) is 0 Å². The van der Waals surface area contributed by atoms with E-state index in [0.29, 0.717) is 5.02 Å². The summed E-state index contributed by atoms with van der Waals surface area (Å²) in [6.07, 6.45) is 0. The van der Waals surface area contributed by atoms with E-state index in [1.54, 1.807) is 0 Å². The summed E-state index contributed by atoms with van der Waals surface area (Å²) >= 11 is 6.08. The van der Waals surface area contributed by atoms with Gasteiger partial charge >= 0.3 is 0 Å². The molecule has 0 aliphatic heterocycles. The molecule has 0 aliphatic rings. The molecule has 0 aliphatic carbocycles. The summed E-state index contributed by atoms with van der Waals surface area (Å²) in [5.74, 6) is 0.243. The Kier molecular flexibility index (Phi) is 3.18. The molecule has 0 fully saturated rings. The van der Waals surface area contributed by atoms with Crippen LogP contribution in [0, 0.1) is 17.2 Å². The second kappa shape index (κ2) is 4.02. The van der Waals surface area contributed by atoms with Gasteiger partial charge < -0.3 is 0 Å². The highest BCUT2D eigenvalue weighted by Crippen LogP contribution is 2.35. The number of rotatable bonds is 2. The molecule has 14 heavy (non-hydrogen) atoms. The third-order valence-corrected chi connectivity index (χ3v) is 3.15. The fraction of sp³-hybridized carbons (Fsp3) is 0.417. The Balaban J connectivity index is 3.28. The van der Waals surface area contributed by atoms with Gasteiger partial charge in [-0.3, -0.25) is 0 Å². The van der Waals surface area contributed by atoms with E-state index in [4.69, 9.17) is 11.6 Å². The van der Waals surface area contributed by atoms with Crippen LogP contribution in [-0.2, 0) is 5.41 Å². The molecule has 1 nitrogen and oxygen atoms in total. The molecular formula is C12H14ClN. The first-order valence-electron chi connectivity index (χ1n) is 4.68. The Labute approximate surface area is 90.3 Å². The SMILES string of the molecule is CC(C)C(C)(C#N)c1ccccc1Cl. The van der Waals surface area contributed by atoms with Crippen LogP contribution >= 0.6 is 11.6 Å². The summed E-state index contributed by atoms with van der Waals surface area (Å²) in [6.45, 7) is 6.00. The Morgan fingerprint density at radius 1 is 1.36 bits per heavy atom. The summed E-state index contributed by atoms with van der Waals surface area (Å²) in [5.41, 5.74) is 0.414. The largest absolute Gasteiger partial charge is 0.197 e. The van der Waals surface area contributed by atoms with Crippen molar-refractivity contribution in [2.75, 3.05) is 0 Å². The first kappa shape index (κ1) is 11.1. The summed E-state index contributed by atoms with van der Waals surface area (Å²) in [7, 11) is 0. The van der Waals surface area contributed by atoms with Crippen LogP contribution in [0.25, 0.3) is 0 Å². The van der Waals surface area contributed by atoms with Crippen LogP contribution in [0.3, 0.4) is 0 Å². The van der Waals surface area contributed by atoms with Crippen LogP contribution < -0.4 is 0 Å². The van der Waals surface area contributed by atoms with Gasteiger partial charge in [-0.15, -0.1) is 0 Å². The molecule has 0 heterocycles. The van der Waals surface area contributed by atoms with Gasteiger partial charge in [0.2, 0.25) is 0 Å². The predicted molar refractivity (Wildman–Crippen MR) is 59.3 cm³/mol. The number of hydrogen-bond acceptors (Lipinski definition) is 1. The molecule has 0 bridgehead atoms. The smallest absolute Gasteiger partial charge is 0.0831 e. The summed E-state index contributed by atoms with van der Waals surface area (Å²) in [5, 5.41) is 9.90. The van der Waals surface area contributed by atoms with E-state index < -0.39 is 5.41 Å². The van der Waals surface area contributed by atoms with Gasteiger partial charge in [-0.05, 0) is 24.5 Å². The molecule has 2 heteroatoms. The molecule has 1 unspecified atom stereocenters. The maximum atomic E-state index is 9.22. The molecule has 0 spiro atoms. The Hall–Kier alpha value is -1.00. The topological polar surface area (TPSA) is 23.8 Å². The van der Waals surface area contributed by atoms with Gasteiger partial charge in [0.25, 0.3) is 0 Å². The van der Waals surface area contributed by atoms with Crippen molar-refractivity contribution in [3.05, 3.63) is 34.9 Å². The first-order chi connectivity index (χ1) is 6.52. The fourth-order valence-corrected chi connectivity index (χ4v) is 1.71. The molecule has 0 saturated heterocycles. The van der Waals surface area contributed by atoms with Gasteiger partial charge in [-0.2, -0.15) is 5.26 Å².